The van der Waals surface area contributed by atoms with E-state index in [1.807, 2.05) is 12.1 Å². The molecule has 1 N–H and O–H groups in total. The molecule has 1 amide bonds. The predicted molar refractivity (Wildman–Crippen MR) is 94.6 cm³/mol. The lowest BCUT2D eigenvalue weighted by Gasteiger charge is -2.39. The molecule has 0 radical (unpaired) electrons. The number of piperidine rings is 1. The summed E-state index contributed by atoms with van der Waals surface area (Å²) in [6.45, 7) is 2.23. The molecule has 0 unspecified atom stereocenters. The molecule has 0 aliphatic carbocycles. The Bertz CT molecular complexity index is 766. The van der Waals surface area contributed by atoms with Gasteiger partial charge in [0.05, 0.1) is 18.8 Å². The topological polar surface area (TPSA) is 91.8 Å². The molecule has 8 nitrogen and oxygen atoms in total. The van der Waals surface area contributed by atoms with Crippen molar-refractivity contribution >= 4 is 16.1 Å². The molecule has 3 aliphatic rings. The molecule has 0 saturated carbocycles. The first-order valence-electron chi connectivity index (χ1n) is 9.05. The van der Waals surface area contributed by atoms with Crippen molar-refractivity contribution in [2.24, 2.45) is 0 Å². The minimum atomic E-state index is -3.58. The van der Waals surface area contributed by atoms with Crippen LogP contribution < -0.4 is 5.32 Å². The number of amides is 1. The summed E-state index contributed by atoms with van der Waals surface area (Å²) in [5, 5.41) is 3.13. The van der Waals surface area contributed by atoms with Crippen LogP contribution in [-0.2, 0) is 19.7 Å². The largest absolute Gasteiger partial charge is 0.379 e. The van der Waals surface area contributed by atoms with Crippen LogP contribution in [0.2, 0.25) is 0 Å². The number of ether oxygens (including phenoxy) is 1. The van der Waals surface area contributed by atoms with Gasteiger partial charge in [0.15, 0.2) is 0 Å². The number of hydrogen-bond acceptors (Lipinski definition) is 5. The van der Waals surface area contributed by atoms with Crippen LogP contribution in [0, 0.1) is 0 Å². The summed E-state index contributed by atoms with van der Waals surface area (Å²) in [4.78, 5) is 16.3. The average molecular weight is 380 g/mol. The Morgan fingerprint density at radius 3 is 2.77 bits per heavy atom. The molecular weight excluding hydrogens is 356 g/mol. The summed E-state index contributed by atoms with van der Waals surface area (Å²) in [7, 11) is -3.58. The van der Waals surface area contributed by atoms with Crippen molar-refractivity contribution < 1.29 is 17.9 Å². The summed E-state index contributed by atoms with van der Waals surface area (Å²) in [5.74, 6) is -0.105. The number of pyridine rings is 1. The van der Waals surface area contributed by atoms with Gasteiger partial charge in [-0.3, -0.25) is 9.78 Å². The number of nitrogens with one attached hydrogen (secondary N) is 1. The van der Waals surface area contributed by atoms with Crippen molar-refractivity contribution in [1.82, 2.24) is 18.9 Å². The summed E-state index contributed by atoms with van der Waals surface area (Å²) in [6.07, 6.45) is 5.52. The van der Waals surface area contributed by atoms with E-state index in [2.05, 4.69) is 10.3 Å². The lowest BCUT2D eigenvalue weighted by Crippen LogP contribution is -2.57. The van der Waals surface area contributed by atoms with Crippen LogP contribution in [-0.4, -0.2) is 72.9 Å². The molecule has 4 rings (SSSR count). The average Bonchev–Trinajstić information content (AvgIpc) is 3.02. The Labute approximate surface area is 153 Å². The number of carbonyl (C=O) groups excluding carboxylic acids is 1. The second-order valence-corrected chi connectivity index (χ2v) is 9.14. The van der Waals surface area contributed by atoms with Gasteiger partial charge in [-0.05, 0) is 24.5 Å². The molecule has 1 aromatic heterocycles. The summed E-state index contributed by atoms with van der Waals surface area (Å²) in [5.41, 5.74) is 0.409. The molecule has 1 spiro atoms. The third-order valence-corrected chi connectivity index (χ3v) is 7.58. The van der Waals surface area contributed by atoms with Crippen molar-refractivity contribution in [2.45, 2.75) is 30.7 Å². The zero-order valence-corrected chi connectivity index (χ0v) is 15.5. The highest BCUT2D eigenvalue weighted by Gasteiger charge is 2.53. The molecule has 2 atom stereocenters. The SMILES string of the molecule is O=C1CCC[C@]2(CN(S(=O)(=O)N3CCOCC3)C[C@H]2c2cccnc2)N1. The molecular formula is C17H24N4O4S. The Morgan fingerprint density at radius 2 is 2.08 bits per heavy atom. The molecule has 3 fully saturated rings. The maximum absolute atomic E-state index is 13.1. The van der Waals surface area contributed by atoms with Crippen LogP contribution in [0.1, 0.15) is 30.7 Å². The molecule has 26 heavy (non-hydrogen) atoms. The highest BCUT2D eigenvalue weighted by Crippen LogP contribution is 2.42. The van der Waals surface area contributed by atoms with Crippen LogP contribution >= 0.6 is 0 Å². The fourth-order valence-corrected chi connectivity index (χ4v) is 6.01. The van der Waals surface area contributed by atoms with Crippen LogP contribution in [0.25, 0.3) is 0 Å². The van der Waals surface area contributed by atoms with Crippen molar-refractivity contribution in [3.63, 3.8) is 0 Å². The Balaban J connectivity index is 1.66. The van der Waals surface area contributed by atoms with Gasteiger partial charge >= 0.3 is 0 Å². The normalized spacial score (nSPS) is 31.2. The van der Waals surface area contributed by atoms with E-state index in [1.165, 1.54) is 8.61 Å². The van der Waals surface area contributed by atoms with Gasteiger partial charge in [-0.1, -0.05) is 6.07 Å². The van der Waals surface area contributed by atoms with Gasteiger partial charge < -0.3 is 10.1 Å². The van der Waals surface area contributed by atoms with E-state index < -0.39 is 15.7 Å². The van der Waals surface area contributed by atoms with Crippen molar-refractivity contribution in [2.75, 3.05) is 39.4 Å². The molecule has 142 valence electrons. The quantitative estimate of drug-likeness (QED) is 0.803. The van der Waals surface area contributed by atoms with E-state index in [0.29, 0.717) is 45.8 Å². The first-order valence-corrected chi connectivity index (χ1v) is 10.4. The maximum atomic E-state index is 13.1. The second kappa shape index (κ2) is 6.88. The van der Waals surface area contributed by atoms with E-state index in [1.54, 1.807) is 12.4 Å². The molecule has 0 aromatic carbocycles. The van der Waals surface area contributed by atoms with Gasteiger partial charge in [-0.15, -0.1) is 0 Å². The van der Waals surface area contributed by atoms with E-state index in [9.17, 15) is 13.2 Å². The summed E-state index contributed by atoms with van der Waals surface area (Å²) < 4.78 is 34.6. The third-order valence-electron chi connectivity index (χ3n) is 5.64. The lowest BCUT2D eigenvalue weighted by molar-refractivity contribution is -0.125. The fraction of sp³-hybridized carbons (Fsp3) is 0.647. The molecule has 9 heteroatoms. The van der Waals surface area contributed by atoms with E-state index >= 15 is 0 Å². The highest BCUT2D eigenvalue weighted by atomic mass is 32.2. The van der Waals surface area contributed by atoms with Crippen molar-refractivity contribution in [3.05, 3.63) is 30.1 Å². The molecule has 3 aliphatic heterocycles. The molecule has 1 aromatic rings. The van der Waals surface area contributed by atoms with E-state index in [0.717, 1.165) is 18.4 Å². The standard InChI is InChI=1S/C17H24N4O4S/c22-16-4-1-5-17(19-16)13-21(12-15(17)14-3-2-6-18-11-14)26(23,24)20-7-9-25-10-8-20/h2-3,6,11,15H,1,4-5,7-10,12-13H2,(H,19,22)/t15-,17+/m0/s1. The van der Waals surface area contributed by atoms with E-state index in [4.69, 9.17) is 4.74 Å². The Kier molecular flexibility index (Phi) is 4.72. The molecule has 0 bridgehead atoms. The predicted octanol–water partition coefficient (Wildman–Crippen LogP) is 0.0967. The summed E-state index contributed by atoms with van der Waals surface area (Å²) in [6, 6.07) is 3.82. The van der Waals surface area contributed by atoms with Crippen LogP contribution in [0.3, 0.4) is 0 Å². The van der Waals surface area contributed by atoms with Gasteiger partial charge in [-0.2, -0.15) is 17.0 Å². The zero-order chi connectivity index (χ0) is 18.2. The van der Waals surface area contributed by atoms with Gasteiger partial charge in [0, 0.05) is 50.9 Å². The first kappa shape index (κ1) is 17.8. The van der Waals surface area contributed by atoms with Crippen LogP contribution in [0.15, 0.2) is 24.5 Å². The summed E-state index contributed by atoms with van der Waals surface area (Å²) >= 11 is 0. The Hall–Kier alpha value is -1.55. The lowest BCUT2D eigenvalue weighted by atomic mass is 9.77. The van der Waals surface area contributed by atoms with Gasteiger partial charge in [0.2, 0.25) is 5.91 Å². The highest BCUT2D eigenvalue weighted by molar-refractivity contribution is 7.86. The zero-order valence-electron chi connectivity index (χ0n) is 14.6. The van der Waals surface area contributed by atoms with Gasteiger partial charge in [0.1, 0.15) is 0 Å². The maximum Gasteiger partial charge on any atom is 0.282 e. The van der Waals surface area contributed by atoms with Crippen LogP contribution in [0.4, 0.5) is 0 Å². The first-order chi connectivity index (χ1) is 12.5. The van der Waals surface area contributed by atoms with Gasteiger partial charge in [0.25, 0.3) is 10.2 Å². The monoisotopic (exact) mass is 380 g/mol. The van der Waals surface area contributed by atoms with Crippen LogP contribution in [0.5, 0.6) is 0 Å². The minimum Gasteiger partial charge on any atom is -0.379 e. The van der Waals surface area contributed by atoms with Crippen molar-refractivity contribution in [1.29, 1.82) is 0 Å². The number of rotatable bonds is 3. The Morgan fingerprint density at radius 1 is 1.27 bits per heavy atom. The van der Waals surface area contributed by atoms with Crippen molar-refractivity contribution in [3.8, 4) is 0 Å². The van der Waals surface area contributed by atoms with Gasteiger partial charge in [-0.25, -0.2) is 0 Å². The number of nitrogens with zero attached hydrogens (tertiary/aromatic N) is 3. The minimum absolute atomic E-state index is 0.00393. The third kappa shape index (κ3) is 3.13. The number of morpholine rings is 1. The number of aromatic nitrogens is 1. The molecule has 3 saturated heterocycles. The number of carbonyl (C=O) groups is 1. The second-order valence-electron chi connectivity index (χ2n) is 7.21. The fourth-order valence-electron chi connectivity index (χ4n) is 4.34. The van der Waals surface area contributed by atoms with E-state index in [-0.39, 0.29) is 11.8 Å². The molecule has 4 heterocycles. The number of hydrogen-bond donors (Lipinski definition) is 1. The smallest absolute Gasteiger partial charge is 0.282 e.